The average Bonchev–Trinajstić information content (AvgIpc) is 3.18. The molecule has 1 aromatic rings. The van der Waals surface area contributed by atoms with Crippen LogP contribution in [-0.4, -0.2) is 28.2 Å². The Bertz CT molecular complexity index is 794. The van der Waals surface area contributed by atoms with Crippen molar-refractivity contribution in [1.82, 2.24) is 5.43 Å². The molecule has 0 spiro atoms. The highest BCUT2D eigenvalue weighted by Gasteiger charge is 2.52. The number of carbonyl (C=O) groups is 2. The molecule has 0 radical (unpaired) electrons. The van der Waals surface area contributed by atoms with Gasteiger partial charge in [0.2, 0.25) is 0 Å². The fraction of sp³-hybridized carbons (Fsp3) is 0.455. The Morgan fingerprint density at radius 1 is 1.21 bits per heavy atom. The summed E-state index contributed by atoms with van der Waals surface area (Å²) in [6.07, 6.45) is 10.3. The maximum Gasteiger partial charge on any atom is 0.303 e. The van der Waals surface area contributed by atoms with E-state index >= 15 is 0 Å². The molecule has 154 valence electrons. The molecule has 29 heavy (non-hydrogen) atoms. The molecule has 0 aromatic heterocycles. The van der Waals surface area contributed by atoms with Gasteiger partial charge < -0.3 is 10.4 Å². The normalized spacial score (nSPS) is 25.7. The standard InChI is InChI=1S/C22H27N3O3S/c26-20(27)11-7-2-1-6-10-16-17-12-13-18(21(17)28)19(16)14-23-25-22(29)24-15-8-4-3-5-9-15/h1,3-6,8-9,14,16-19H,2,7,10-13H2,(H,26,27)(H2,24,25,29)/b6-1-,23-14?. The van der Waals surface area contributed by atoms with E-state index in [4.69, 9.17) is 17.3 Å². The molecule has 3 rings (SSSR count). The number of para-hydroxylation sites is 1. The van der Waals surface area contributed by atoms with Crippen molar-refractivity contribution in [2.45, 2.75) is 38.5 Å². The van der Waals surface area contributed by atoms with Crippen LogP contribution < -0.4 is 10.7 Å². The van der Waals surface area contributed by atoms with Crippen molar-refractivity contribution in [3.8, 4) is 0 Å². The molecule has 0 aliphatic heterocycles. The maximum atomic E-state index is 12.5. The topological polar surface area (TPSA) is 90.8 Å². The Kier molecular flexibility index (Phi) is 7.52. The van der Waals surface area contributed by atoms with Crippen molar-refractivity contribution in [1.29, 1.82) is 0 Å². The quantitative estimate of drug-likeness (QED) is 0.186. The van der Waals surface area contributed by atoms with Crippen LogP contribution in [0.3, 0.4) is 0 Å². The first-order valence-corrected chi connectivity index (χ1v) is 10.5. The number of nitrogens with zero attached hydrogens (tertiary/aromatic N) is 1. The second-order valence-electron chi connectivity index (χ2n) is 7.64. The van der Waals surface area contributed by atoms with Gasteiger partial charge in [-0.15, -0.1) is 0 Å². The molecule has 4 atom stereocenters. The van der Waals surface area contributed by atoms with E-state index in [1.165, 1.54) is 0 Å². The number of carboxylic acids is 1. The fourth-order valence-corrected chi connectivity index (χ4v) is 4.60. The summed E-state index contributed by atoms with van der Waals surface area (Å²) >= 11 is 5.27. The summed E-state index contributed by atoms with van der Waals surface area (Å²) in [5.41, 5.74) is 3.74. The molecular formula is C22H27N3O3S. The zero-order chi connectivity index (χ0) is 20.6. The predicted molar refractivity (Wildman–Crippen MR) is 118 cm³/mol. The Hall–Kier alpha value is -2.54. The molecule has 0 amide bonds. The predicted octanol–water partition coefficient (Wildman–Crippen LogP) is 4.00. The molecule has 4 unspecified atom stereocenters. The van der Waals surface area contributed by atoms with Crippen LogP contribution in [0.1, 0.15) is 38.5 Å². The highest BCUT2D eigenvalue weighted by molar-refractivity contribution is 7.80. The number of Topliss-reactive ketones (excluding diaryl/α,β-unsaturated/α-hetero) is 1. The van der Waals surface area contributed by atoms with Crippen molar-refractivity contribution in [2.24, 2.45) is 28.8 Å². The monoisotopic (exact) mass is 413 g/mol. The Balaban J connectivity index is 1.51. The number of hydrogen-bond acceptors (Lipinski definition) is 4. The molecule has 2 aliphatic rings. The van der Waals surface area contributed by atoms with Gasteiger partial charge in [-0.25, -0.2) is 0 Å². The number of allylic oxidation sites excluding steroid dienone is 2. The minimum absolute atomic E-state index is 0.0617. The largest absolute Gasteiger partial charge is 0.481 e. The van der Waals surface area contributed by atoms with E-state index in [0.29, 0.717) is 17.3 Å². The first kappa shape index (κ1) is 21.2. The molecule has 7 heteroatoms. The van der Waals surface area contributed by atoms with Crippen molar-refractivity contribution in [2.75, 3.05) is 5.32 Å². The Morgan fingerprint density at radius 3 is 2.72 bits per heavy atom. The van der Waals surface area contributed by atoms with Gasteiger partial charge in [-0.3, -0.25) is 15.0 Å². The number of hydrazone groups is 1. The summed E-state index contributed by atoms with van der Waals surface area (Å²) in [6, 6.07) is 9.63. The number of fused-ring (bicyclic) bond motifs is 2. The molecule has 6 nitrogen and oxygen atoms in total. The van der Waals surface area contributed by atoms with Crippen LogP contribution in [0, 0.1) is 23.7 Å². The highest BCUT2D eigenvalue weighted by atomic mass is 32.1. The number of unbranched alkanes of at least 4 members (excludes halogenated alkanes) is 1. The fourth-order valence-electron chi connectivity index (χ4n) is 4.43. The molecule has 1 aromatic carbocycles. The molecule has 2 saturated carbocycles. The number of rotatable bonds is 9. The molecule has 3 N–H and O–H groups in total. The average molecular weight is 414 g/mol. The smallest absolute Gasteiger partial charge is 0.303 e. The number of carbonyl (C=O) groups excluding carboxylic acids is 1. The molecule has 0 heterocycles. The van der Waals surface area contributed by atoms with Gasteiger partial charge >= 0.3 is 5.97 Å². The lowest BCUT2D eigenvalue weighted by molar-refractivity contribution is -0.137. The van der Waals surface area contributed by atoms with Crippen molar-refractivity contribution >= 4 is 41.0 Å². The third kappa shape index (κ3) is 5.73. The summed E-state index contributed by atoms with van der Waals surface area (Å²) in [6.45, 7) is 0. The Labute approximate surface area is 176 Å². The van der Waals surface area contributed by atoms with Gasteiger partial charge in [0, 0.05) is 36.1 Å². The third-order valence-electron chi connectivity index (χ3n) is 5.78. The van der Waals surface area contributed by atoms with Crippen molar-refractivity contribution in [3.05, 3.63) is 42.5 Å². The van der Waals surface area contributed by atoms with E-state index in [-0.39, 0.29) is 30.1 Å². The van der Waals surface area contributed by atoms with Crippen LogP contribution in [-0.2, 0) is 9.59 Å². The maximum absolute atomic E-state index is 12.5. The van der Waals surface area contributed by atoms with Crippen LogP contribution in [0.2, 0.25) is 0 Å². The number of ketones is 1. The van der Waals surface area contributed by atoms with E-state index in [1.54, 1.807) is 0 Å². The summed E-state index contributed by atoms with van der Waals surface area (Å²) < 4.78 is 0. The summed E-state index contributed by atoms with van der Waals surface area (Å²) in [5, 5.41) is 16.5. The first-order valence-electron chi connectivity index (χ1n) is 10.1. The van der Waals surface area contributed by atoms with Crippen LogP contribution in [0.25, 0.3) is 0 Å². The zero-order valence-electron chi connectivity index (χ0n) is 16.3. The summed E-state index contributed by atoms with van der Waals surface area (Å²) in [7, 11) is 0. The van der Waals surface area contributed by atoms with Gasteiger partial charge in [-0.2, -0.15) is 5.10 Å². The highest BCUT2D eigenvalue weighted by Crippen LogP contribution is 2.50. The molecular weight excluding hydrogens is 386 g/mol. The van der Waals surface area contributed by atoms with E-state index in [9.17, 15) is 9.59 Å². The van der Waals surface area contributed by atoms with E-state index in [1.807, 2.05) is 42.6 Å². The zero-order valence-corrected chi connectivity index (χ0v) is 17.1. The minimum Gasteiger partial charge on any atom is -0.481 e. The lowest BCUT2D eigenvalue weighted by Gasteiger charge is -2.25. The molecule has 2 bridgehead atoms. The van der Waals surface area contributed by atoms with Gasteiger partial charge in [-0.05, 0) is 62.4 Å². The van der Waals surface area contributed by atoms with Gasteiger partial charge in [0.15, 0.2) is 5.11 Å². The number of nitrogens with one attached hydrogen (secondary N) is 2. The summed E-state index contributed by atoms with van der Waals surface area (Å²) in [5.74, 6) is 0.174. The van der Waals surface area contributed by atoms with Gasteiger partial charge in [0.25, 0.3) is 0 Å². The van der Waals surface area contributed by atoms with Crippen molar-refractivity contribution < 1.29 is 14.7 Å². The van der Waals surface area contributed by atoms with Crippen LogP contribution in [0.15, 0.2) is 47.6 Å². The van der Waals surface area contributed by atoms with Gasteiger partial charge in [0.1, 0.15) is 5.78 Å². The first-order chi connectivity index (χ1) is 14.1. The lowest BCUT2D eigenvalue weighted by atomic mass is 9.78. The molecule has 2 fully saturated rings. The third-order valence-corrected chi connectivity index (χ3v) is 5.97. The van der Waals surface area contributed by atoms with E-state index in [2.05, 4.69) is 21.9 Å². The number of carboxylic acid groups (broad SMARTS) is 1. The van der Waals surface area contributed by atoms with Crippen molar-refractivity contribution in [3.63, 3.8) is 0 Å². The second kappa shape index (κ2) is 10.3. The van der Waals surface area contributed by atoms with Crippen LogP contribution in [0.5, 0.6) is 0 Å². The second-order valence-corrected chi connectivity index (χ2v) is 8.05. The minimum atomic E-state index is -0.763. The molecule has 0 saturated heterocycles. The van der Waals surface area contributed by atoms with Crippen LogP contribution in [0.4, 0.5) is 5.69 Å². The molecule has 2 aliphatic carbocycles. The van der Waals surface area contributed by atoms with Gasteiger partial charge in [0.05, 0.1) is 0 Å². The summed E-state index contributed by atoms with van der Waals surface area (Å²) in [4.78, 5) is 23.1. The number of aliphatic carboxylic acids is 1. The number of anilines is 1. The Morgan fingerprint density at radius 2 is 1.97 bits per heavy atom. The SMILES string of the molecule is O=C(O)CCC/C=C\CC1C2CCC(C2=O)C1C=NNC(=S)Nc1ccccc1. The number of benzene rings is 1. The van der Waals surface area contributed by atoms with Crippen LogP contribution >= 0.6 is 12.2 Å². The van der Waals surface area contributed by atoms with E-state index in [0.717, 1.165) is 31.4 Å². The number of hydrogen-bond donors (Lipinski definition) is 3. The van der Waals surface area contributed by atoms with Gasteiger partial charge in [-0.1, -0.05) is 30.4 Å². The number of thiocarbonyl (C=S) groups is 1. The lowest BCUT2D eigenvalue weighted by Crippen LogP contribution is -2.27. The van der Waals surface area contributed by atoms with E-state index < -0.39 is 5.97 Å².